The average molecular weight is 253 g/mol. The third-order valence-corrected chi connectivity index (χ3v) is 2.79. The quantitative estimate of drug-likeness (QED) is 0.568. The molecule has 1 aromatic carbocycles. The van der Waals surface area contributed by atoms with Crippen LogP contribution in [0.3, 0.4) is 0 Å². The van der Waals surface area contributed by atoms with Gasteiger partial charge < -0.3 is 4.74 Å². The Morgan fingerprint density at radius 2 is 2.14 bits per heavy atom. The average Bonchev–Trinajstić information content (AvgIpc) is 2.18. The lowest BCUT2D eigenvalue weighted by atomic mass is 10.1. The molecule has 1 aliphatic heterocycles. The molecule has 0 saturated carbocycles. The van der Waals surface area contributed by atoms with Gasteiger partial charge in [-0.3, -0.25) is 4.79 Å². The lowest BCUT2D eigenvalue weighted by Crippen LogP contribution is -2.13. The summed E-state index contributed by atoms with van der Waals surface area (Å²) in [5.41, 5.74) is 0.983. The summed E-state index contributed by atoms with van der Waals surface area (Å²) in [6, 6.07) is 7.74. The van der Waals surface area contributed by atoms with Crippen molar-refractivity contribution >= 4 is 21.9 Å². The summed E-state index contributed by atoms with van der Waals surface area (Å²) in [4.78, 5) is 11.1. The second-order valence-electron chi connectivity index (χ2n) is 3.06. The van der Waals surface area contributed by atoms with Gasteiger partial charge in [-0.15, -0.1) is 0 Å². The first-order valence-corrected chi connectivity index (χ1v) is 5.17. The first kappa shape index (κ1) is 9.46. The molecule has 0 spiro atoms. The van der Waals surface area contributed by atoms with E-state index in [1.807, 2.05) is 36.4 Å². The smallest absolute Gasteiger partial charge is 0.310 e. The summed E-state index contributed by atoms with van der Waals surface area (Å²) in [5, 5.41) is 0. The lowest BCUT2D eigenvalue weighted by molar-refractivity contribution is -0.147. The third-order valence-electron chi connectivity index (χ3n) is 2.07. The normalized spacial score (nSPS) is 20.6. The molecule has 0 aliphatic carbocycles. The molecule has 72 valence electrons. The number of ether oxygens (including phenoxy) is 1. The number of hydrogen-bond donors (Lipinski definition) is 0. The molecule has 1 unspecified atom stereocenters. The highest BCUT2D eigenvalue weighted by Crippen LogP contribution is 2.29. The summed E-state index contributed by atoms with van der Waals surface area (Å²) in [7, 11) is 0. The molecule has 0 N–H and O–H groups in total. The molecule has 1 atom stereocenters. The zero-order valence-corrected chi connectivity index (χ0v) is 9.03. The summed E-state index contributed by atoms with van der Waals surface area (Å²) < 4.78 is 6.16. The largest absolute Gasteiger partial charge is 0.453 e. The topological polar surface area (TPSA) is 26.3 Å². The zero-order chi connectivity index (χ0) is 9.97. The minimum Gasteiger partial charge on any atom is -0.453 e. The van der Waals surface area contributed by atoms with E-state index in [0.717, 1.165) is 10.0 Å². The maximum absolute atomic E-state index is 11.1. The maximum atomic E-state index is 11.1. The molecule has 1 heterocycles. The van der Waals surface area contributed by atoms with Crippen LogP contribution in [0.1, 0.15) is 18.1 Å². The van der Waals surface area contributed by atoms with Crippen molar-refractivity contribution in [1.29, 1.82) is 0 Å². The first-order valence-electron chi connectivity index (χ1n) is 4.38. The van der Waals surface area contributed by atoms with E-state index in [2.05, 4.69) is 15.9 Å². The second kappa shape index (κ2) is 3.96. The molecule has 3 heteroatoms. The molecule has 0 bridgehead atoms. The zero-order valence-electron chi connectivity index (χ0n) is 7.44. The highest BCUT2D eigenvalue weighted by Gasteiger charge is 2.18. The Labute approximate surface area is 90.7 Å². The van der Waals surface area contributed by atoms with Crippen molar-refractivity contribution in [3.8, 4) is 0 Å². The number of esters is 1. The van der Waals surface area contributed by atoms with Crippen LogP contribution in [0.2, 0.25) is 0 Å². The maximum Gasteiger partial charge on any atom is 0.310 e. The number of cyclic esters (lactones) is 1. The van der Waals surface area contributed by atoms with Gasteiger partial charge in [0.2, 0.25) is 0 Å². The fraction of sp³-hybridized carbons (Fsp3) is 0.182. The summed E-state index contributed by atoms with van der Waals surface area (Å²) >= 11 is 3.43. The van der Waals surface area contributed by atoms with Gasteiger partial charge in [-0.1, -0.05) is 40.2 Å². The molecular formula is C11H9BrO2. The molecule has 1 aliphatic rings. The van der Waals surface area contributed by atoms with E-state index in [9.17, 15) is 4.79 Å². The first-order chi connectivity index (χ1) is 6.77. The van der Waals surface area contributed by atoms with Crippen LogP contribution in [0.15, 0.2) is 40.9 Å². The molecule has 0 aromatic heterocycles. The van der Waals surface area contributed by atoms with Crippen LogP contribution in [-0.2, 0) is 9.53 Å². The van der Waals surface area contributed by atoms with Gasteiger partial charge in [0.25, 0.3) is 0 Å². The Kier molecular flexibility index (Phi) is 2.68. The van der Waals surface area contributed by atoms with Gasteiger partial charge in [0.15, 0.2) is 0 Å². The van der Waals surface area contributed by atoms with E-state index < -0.39 is 0 Å². The van der Waals surface area contributed by atoms with Crippen molar-refractivity contribution in [3.63, 3.8) is 0 Å². The van der Waals surface area contributed by atoms with E-state index >= 15 is 0 Å². The van der Waals surface area contributed by atoms with Crippen LogP contribution in [-0.4, -0.2) is 5.97 Å². The summed E-state index contributed by atoms with van der Waals surface area (Å²) in [5.74, 6) is -0.173. The van der Waals surface area contributed by atoms with E-state index in [0.29, 0.717) is 6.42 Å². The highest BCUT2D eigenvalue weighted by molar-refractivity contribution is 9.10. The van der Waals surface area contributed by atoms with Gasteiger partial charge in [-0.05, 0) is 12.1 Å². The molecule has 0 amide bonds. The van der Waals surface area contributed by atoms with E-state index in [4.69, 9.17) is 4.74 Å². The predicted molar refractivity (Wildman–Crippen MR) is 56.7 cm³/mol. The van der Waals surface area contributed by atoms with Gasteiger partial charge in [0.1, 0.15) is 6.10 Å². The number of carbonyl (C=O) groups excluding carboxylic acids is 1. The van der Waals surface area contributed by atoms with Gasteiger partial charge in [-0.2, -0.15) is 0 Å². The molecule has 2 nitrogen and oxygen atoms in total. The highest BCUT2D eigenvalue weighted by atomic mass is 79.9. The fourth-order valence-corrected chi connectivity index (χ4v) is 1.90. The summed E-state index contributed by atoms with van der Waals surface area (Å²) in [6.45, 7) is 0. The fourth-order valence-electron chi connectivity index (χ4n) is 1.39. The van der Waals surface area contributed by atoms with Crippen LogP contribution in [0.25, 0.3) is 0 Å². The predicted octanol–water partition coefficient (Wildman–Crippen LogP) is 2.99. The SMILES string of the molecule is O=C1CC=CC(c2ccccc2Br)O1. The van der Waals surface area contributed by atoms with Gasteiger partial charge in [0.05, 0.1) is 6.42 Å². The molecule has 14 heavy (non-hydrogen) atoms. The van der Waals surface area contributed by atoms with Gasteiger partial charge in [0, 0.05) is 10.0 Å². The Morgan fingerprint density at radius 3 is 2.86 bits per heavy atom. The van der Waals surface area contributed by atoms with Crippen molar-refractivity contribution in [2.75, 3.05) is 0 Å². The van der Waals surface area contributed by atoms with Crippen LogP contribution < -0.4 is 0 Å². The molecule has 0 fully saturated rings. The van der Waals surface area contributed by atoms with E-state index in [1.54, 1.807) is 0 Å². The molecular weight excluding hydrogens is 244 g/mol. The number of benzene rings is 1. The molecule has 0 saturated heterocycles. The van der Waals surface area contributed by atoms with Crippen molar-refractivity contribution < 1.29 is 9.53 Å². The van der Waals surface area contributed by atoms with Crippen molar-refractivity contribution in [2.24, 2.45) is 0 Å². The molecule has 0 radical (unpaired) electrons. The van der Waals surface area contributed by atoms with E-state index in [-0.39, 0.29) is 12.1 Å². The number of hydrogen-bond acceptors (Lipinski definition) is 2. The lowest BCUT2D eigenvalue weighted by Gasteiger charge is -2.18. The van der Waals surface area contributed by atoms with E-state index in [1.165, 1.54) is 0 Å². The minimum atomic E-state index is -0.244. The van der Waals surface area contributed by atoms with Crippen molar-refractivity contribution in [2.45, 2.75) is 12.5 Å². The number of carbonyl (C=O) groups is 1. The Morgan fingerprint density at radius 1 is 1.36 bits per heavy atom. The van der Waals surface area contributed by atoms with Gasteiger partial charge >= 0.3 is 5.97 Å². The third kappa shape index (κ3) is 1.87. The number of rotatable bonds is 1. The monoisotopic (exact) mass is 252 g/mol. The number of halogens is 1. The minimum absolute atomic E-state index is 0.173. The van der Waals surface area contributed by atoms with Crippen molar-refractivity contribution in [1.82, 2.24) is 0 Å². The second-order valence-corrected chi connectivity index (χ2v) is 3.92. The van der Waals surface area contributed by atoms with Crippen LogP contribution in [0, 0.1) is 0 Å². The van der Waals surface area contributed by atoms with Crippen LogP contribution in [0.4, 0.5) is 0 Å². The Balaban J connectivity index is 2.31. The van der Waals surface area contributed by atoms with Gasteiger partial charge in [-0.25, -0.2) is 0 Å². The Bertz CT molecular complexity index is 385. The Hall–Kier alpha value is -1.09. The molecule has 1 aromatic rings. The molecule has 2 rings (SSSR count). The van der Waals surface area contributed by atoms with Crippen LogP contribution >= 0.6 is 15.9 Å². The summed E-state index contributed by atoms with van der Waals surface area (Å²) in [6.07, 6.45) is 3.88. The van der Waals surface area contributed by atoms with Crippen molar-refractivity contribution in [3.05, 3.63) is 46.5 Å². The standard InChI is InChI=1S/C11H9BrO2/c12-9-5-2-1-4-8(9)10-6-3-7-11(13)14-10/h1-6,10H,7H2. The van der Waals surface area contributed by atoms with Crippen LogP contribution in [0.5, 0.6) is 0 Å².